The molecule has 0 spiro atoms. The zero-order valence-electron chi connectivity index (χ0n) is 17.7. The molecular weight excluding hydrogens is 491 g/mol. The summed E-state index contributed by atoms with van der Waals surface area (Å²) in [7, 11) is 4.82. The first kappa shape index (κ1) is 23.7. The van der Waals surface area contributed by atoms with E-state index in [1.165, 1.54) is 7.11 Å². The fraction of sp³-hybridized carbons (Fsp3) is 0.952. The average Bonchev–Trinajstić information content (AvgIpc) is 3.28. The molecule has 0 aromatic rings. The van der Waals surface area contributed by atoms with Gasteiger partial charge in [-0.2, -0.15) is 0 Å². The number of halogens is 1. The van der Waals surface area contributed by atoms with E-state index in [2.05, 4.69) is 22.6 Å². The van der Waals surface area contributed by atoms with Crippen LogP contribution in [0.5, 0.6) is 0 Å². The lowest BCUT2D eigenvalue weighted by Gasteiger charge is -2.33. The third-order valence-electron chi connectivity index (χ3n) is 6.46. The second-order valence-electron chi connectivity index (χ2n) is 8.22. The molecule has 0 amide bonds. The maximum absolute atomic E-state index is 11.4. The largest absolute Gasteiger partial charge is 0.469 e. The molecule has 7 nitrogen and oxygen atoms in total. The zero-order chi connectivity index (χ0) is 20.8. The van der Waals surface area contributed by atoms with Gasteiger partial charge in [-0.3, -0.25) is 4.79 Å². The summed E-state index contributed by atoms with van der Waals surface area (Å²) in [6.07, 6.45) is 7.17. The van der Waals surface area contributed by atoms with E-state index in [1.807, 2.05) is 0 Å². The van der Waals surface area contributed by atoms with Gasteiger partial charge in [-0.05, 0) is 44.4 Å². The number of carbonyl (C=O) groups is 1. The van der Waals surface area contributed by atoms with Gasteiger partial charge in [0.15, 0.2) is 12.6 Å². The van der Waals surface area contributed by atoms with E-state index < -0.39 is 0 Å². The predicted molar refractivity (Wildman–Crippen MR) is 115 cm³/mol. The summed E-state index contributed by atoms with van der Waals surface area (Å²) in [5.74, 6) is 0.325. The highest BCUT2D eigenvalue weighted by Gasteiger charge is 2.54. The first-order valence-corrected chi connectivity index (χ1v) is 12.0. The fourth-order valence-corrected chi connectivity index (χ4v) is 5.91. The van der Waals surface area contributed by atoms with Crippen LogP contribution in [0.2, 0.25) is 0 Å². The highest BCUT2D eigenvalue weighted by molar-refractivity contribution is 14.1. The van der Waals surface area contributed by atoms with Crippen LogP contribution in [0.3, 0.4) is 0 Å². The van der Waals surface area contributed by atoms with Gasteiger partial charge in [0.05, 0.1) is 25.4 Å². The van der Waals surface area contributed by atoms with E-state index >= 15 is 0 Å². The maximum Gasteiger partial charge on any atom is 0.305 e. The van der Waals surface area contributed by atoms with Crippen molar-refractivity contribution < 1.29 is 33.2 Å². The molecule has 3 aliphatic rings. The van der Waals surface area contributed by atoms with Gasteiger partial charge in [-0.15, -0.1) is 0 Å². The zero-order valence-corrected chi connectivity index (χ0v) is 19.9. The number of hydrogen-bond acceptors (Lipinski definition) is 7. The standard InChI is InChI=1S/C21H35IO7/c1-24-18(23)8-6-7-14(22)16-11-13-15(28-16)12-17(20(13)21(25-2)26-3)29-19-9-4-5-10-27-19/h13-17,19-21H,4-12H2,1-3H3. The summed E-state index contributed by atoms with van der Waals surface area (Å²) < 4.78 is 35.1. The molecule has 29 heavy (non-hydrogen) atoms. The van der Waals surface area contributed by atoms with E-state index in [0.717, 1.165) is 51.6 Å². The molecule has 2 heterocycles. The molecule has 0 aromatic carbocycles. The Morgan fingerprint density at radius 3 is 2.62 bits per heavy atom. The van der Waals surface area contributed by atoms with Gasteiger partial charge in [-0.25, -0.2) is 0 Å². The monoisotopic (exact) mass is 526 g/mol. The Kier molecular flexibility index (Phi) is 9.44. The molecule has 2 saturated heterocycles. The van der Waals surface area contributed by atoms with Crippen LogP contribution in [0.15, 0.2) is 0 Å². The number of carbonyl (C=O) groups excluding carboxylic acids is 1. The summed E-state index contributed by atoms with van der Waals surface area (Å²) >= 11 is 2.46. The first-order chi connectivity index (χ1) is 14.1. The molecule has 168 valence electrons. The Morgan fingerprint density at radius 1 is 1.17 bits per heavy atom. The average molecular weight is 526 g/mol. The third kappa shape index (κ3) is 6.04. The minimum absolute atomic E-state index is 0.0194. The van der Waals surface area contributed by atoms with Crippen molar-refractivity contribution in [2.45, 2.75) is 86.2 Å². The van der Waals surface area contributed by atoms with Gasteiger partial charge >= 0.3 is 5.97 Å². The van der Waals surface area contributed by atoms with E-state index in [0.29, 0.717) is 16.3 Å². The molecule has 8 heteroatoms. The molecule has 2 aliphatic heterocycles. The van der Waals surface area contributed by atoms with Crippen molar-refractivity contribution in [1.29, 1.82) is 0 Å². The van der Waals surface area contributed by atoms with Crippen molar-refractivity contribution >= 4 is 28.6 Å². The number of hydrogen-bond donors (Lipinski definition) is 0. The third-order valence-corrected chi connectivity index (χ3v) is 7.88. The quantitative estimate of drug-likeness (QED) is 0.187. The maximum atomic E-state index is 11.4. The predicted octanol–water partition coefficient (Wildman–Crippen LogP) is 3.46. The van der Waals surface area contributed by atoms with Gasteiger partial charge < -0.3 is 28.4 Å². The Labute approximate surface area is 187 Å². The van der Waals surface area contributed by atoms with E-state index in [1.54, 1.807) is 14.2 Å². The fourth-order valence-electron chi connectivity index (χ4n) is 5.01. The lowest BCUT2D eigenvalue weighted by molar-refractivity contribution is -0.227. The van der Waals surface area contributed by atoms with Crippen molar-refractivity contribution in [1.82, 2.24) is 0 Å². The lowest BCUT2D eigenvalue weighted by Crippen LogP contribution is -2.39. The summed E-state index contributed by atoms with van der Waals surface area (Å²) in [5.41, 5.74) is 0. The van der Waals surface area contributed by atoms with E-state index in [9.17, 15) is 4.79 Å². The van der Waals surface area contributed by atoms with Crippen LogP contribution in [0.25, 0.3) is 0 Å². The van der Waals surface area contributed by atoms with Gasteiger partial charge in [0, 0.05) is 43.5 Å². The SMILES string of the molecule is COC(=O)CCCC(I)C1CC2C(CC(OC3CCCCO3)C2C(OC)OC)O1. The van der Waals surface area contributed by atoms with Crippen molar-refractivity contribution in [3.8, 4) is 0 Å². The second kappa shape index (κ2) is 11.6. The number of ether oxygens (including phenoxy) is 6. The number of esters is 1. The second-order valence-corrected chi connectivity index (χ2v) is 9.82. The summed E-state index contributed by atoms with van der Waals surface area (Å²) in [6.45, 7) is 0.771. The molecule has 3 fully saturated rings. The Balaban J connectivity index is 1.58. The van der Waals surface area contributed by atoms with Crippen LogP contribution in [0.1, 0.15) is 51.4 Å². The van der Waals surface area contributed by atoms with Gasteiger partial charge in [0.25, 0.3) is 0 Å². The molecule has 0 N–H and O–H groups in total. The van der Waals surface area contributed by atoms with Crippen molar-refractivity contribution in [2.24, 2.45) is 11.8 Å². The van der Waals surface area contributed by atoms with Crippen molar-refractivity contribution in [2.75, 3.05) is 27.9 Å². The Morgan fingerprint density at radius 2 is 1.97 bits per heavy atom. The van der Waals surface area contributed by atoms with Gasteiger partial charge in [0.1, 0.15) is 0 Å². The molecule has 7 atom stereocenters. The molecule has 0 aromatic heterocycles. The van der Waals surface area contributed by atoms with Crippen LogP contribution in [0, 0.1) is 11.8 Å². The minimum atomic E-state index is -0.312. The van der Waals surface area contributed by atoms with Crippen LogP contribution < -0.4 is 0 Å². The van der Waals surface area contributed by atoms with E-state index in [-0.39, 0.29) is 42.8 Å². The summed E-state index contributed by atoms with van der Waals surface area (Å²) in [6, 6.07) is 0. The highest BCUT2D eigenvalue weighted by atomic mass is 127. The Hall–Kier alpha value is -0.0000000000000000694. The number of fused-ring (bicyclic) bond motifs is 1. The number of methoxy groups -OCH3 is 3. The van der Waals surface area contributed by atoms with Crippen molar-refractivity contribution in [3.63, 3.8) is 0 Å². The highest BCUT2D eigenvalue weighted by Crippen LogP contribution is 2.49. The lowest BCUT2D eigenvalue weighted by atomic mass is 9.89. The normalized spacial score (nSPS) is 35.6. The van der Waals surface area contributed by atoms with Gasteiger partial charge in [0.2, 0.25) is 0 Å². The molecule has 0 radical (unpaired) electrons. The topological polar surface area (TPSA) is 72.5 Å². The first-order valence-electron chi connectivity index (χ1n) is 10.8. The number of alkyl halides is 1. The Bertz CT molecular complexity index is 509. The molecule has 3 rings (SSSR count). The summed E-state index contributed by atoms with van der Waals surface area (Å²) in [4.78, 5) is 11.4. The molecule has 0 bridgehead atoms. The van der Waals surface area contributed by atoms with E-state index in [4.69, 9.17) is 28.4 Å². The smallest absolute Gasteiger partial charge is 0.305 e. The summed E-state index contributed by atoms with van der Waals surface area (Å²) in [5, 5.41) is 0. The van der Waals surface area contributed by atoms with Crippen molar-refractivity contribution in [3.05, 3.63) is 0 Å². The molecule has 1 aliphatic carbocycles. The van der Waals surface area contributed by atoms with Crippen LogP contribution in [-0.2, 0) is 33.2 Å². The molecular formula is C21H35IO7. The van der Waals surface area contributed by atoms with Gasteiger partial charge in [-0.1, -0.05) is 22.6 Å². The molecule has 7 unspecified atom stereocenters. The van der Waals surface area contributed by atoms with Crippen LogP contribution in [0.4, 0.5) is 0 Å². The van der Waals surface area contributed by atoms with Crippen LogP contribution in [-0.4, -0.2) is 68.7 Å². The molecule has 1 saturated carbocycles. The number of rotatable bonds is 10. The van der Waals surface area contributed by atoms with Crippen LogP contribution >= 0.6 is 22.6 Å². The minimum Gasteiger partial charge on any atom is -0.469 e.